The Morgan fingerprint density at radius 2 is 1.78 bits per heavy atom. The first kappa shape index (κ1) is 19.0. The molecule has 0 spiro atoms. The van der Waals surface area contributed by atoms with E-state index in [2.05, 4.69) is 19.2 Å². The predicted molar refractivity (Wildman–Crippen MR) is 89.5 cm³/mol. The third kappa shape index (κ3) is 6.72. The highest BCUT2D eigenvalue weighted by molar-refractivity contribution is 5.85. The van der Waals surface area contributed by atoms with Crippen LogP contribution in [0.5, 0.6) is 5.75 Å². The fourth-order valence-corrected chi connectivity index (χ4v) is 2.06. The zero-order valence-electron chi connectivity index (χ0n) is 14.3. The Labute approximate surface area is 138 Å². The smallest absolute Gasteiger partial charge is 0.326 e. The molecular formula is C18H27NO4. The summed E-state index contributed by atoms with van der Waals surface area (Å²) < 4.78 is 5.59. The molecule has 2 N–H and O–H groups in total. The highest BCUT2D eigenvalue weighted by Crippen LogP contribution is 2.14. The molecule has 1 aromatic carbocycles. The third-order valence-electron chi connectivity index (χ3n) is 3.67. The molecule has 2 atom stereocenters. The second-order valence-electron chi connectivity index (χ2n) is 6.29. The zero-order chi connectivity index (χ0) is 17.4. The number of hydrogen-bond donors (Lipinski definition) is 2. The molecule has 128 valence electrons. The van der Waals surface area contributed by atoms with E-state index in [1.54, 1.807) is 0 Å². The van der Waals surface area contributed by atoms with E-state index in [4.69, 9.17) is 4.74 Å². The van der Waals surface area contributed by atoms with Crippen molar-refractivity contribution in [2.45, 2.75) is 46.6 Å². The summed E-state index contributed by atoms with van der Waals surface area (Å²) >= 11 is 0. The van der Waals surface area contributed by atoms with Crippen LogP contribution in [0.3, 0.4) is 0 Å². The number of ether oxygens (including phenoxy) is 1. The Morgan fingerprint density at radius 3 is 2.26 bits per heavy atom. The van der Waals surface area contributed by atoms with Crippen LogP contribution in [0, 0.1) is 11.8 Å². The maximum absolute atomic E-state index is 12.0. The average Bonchev–Trinajstić information content (AvgIpc) is 2.50. The average molecular weight is 321 g/mol. The first-order chi connectivity index (χ1) is 10.8. The summed E-state index contributed by atoms with van der Waals surface area (Å²) in [4.78, 5) is 23.3. The van der Waals surface area contributed by atoms with Crippen LogP contribution in [0.2, 0.25) is 0 Å². The van der Waals surface area contributed by atoms with E-state index in [0.717, 1.165) is 11.3 Å². The zero-order valence-corrected chi connectivity index (χ0v) is 14.3. The van der Waals surface area contributed by atoms with Crippen molar-refractivity contribution < 1.29 is 19.4 Å². The molecule has 0 bridgehead atoms. The van der Waals surface area contributed by atoms with E-state index in [0.29, 0.717) is 18.9 Å². The van der Waals surface area contributed by atoms with Gasteiger partial charge in [-0.15, -0.1) is 0 Å². The molecule has 0 saturated carbocycles. The van der Waals surface area contributed by atoms with Gasteiger partial charge in [0.2, 0.25) is 5.91 Å². The number of nitrogens with one attached hydrogen (secondary N) is 1. The summed E-state index contributed by atoms with van der Waals surface area (Å²) in [7, 11) is 0. The van der Waals surface area contributed by atoms with Crippen molar-refractivity contribution in [1.82, 2.24) is 5.32 Å². The number of hydrogen-bond acceptors (Lipinski definition) is 3. The number of carbonyl (C=O) groups is 2. The minimum absolute atomic E-state index is 0.108. The molecule has 1 aromatic rings. The van der Waals surface area contributed by atoms with Crippen molar-refractivity contribution in [2.75, 3.05) is 6.61 Å². The number of benzene rings is 1. The lowest BCUT2D eigenvalue weighted by atomic mass is 9.99. The normalized spacial score (nSPS) is 13.4. The van der Waals surface area contributed by atoms with Crippen molar-refractivity contribution in [3.8, 4) is 5.75 Å². The molecule has 1 rings (SSSR count). The van der Waals surface area contributed by atoms with Gasteiger partial charge in [0, 0.05) is 0 Å². The van der Waals surface area contributed by atoms with Gasteiger partial charge in [0.15, 0.2) is 0 Å². The summed E-state index contributed by atoms with van der Waals surface area (Å²) in [6, 6.07) is 6.46. The minimum Gasteiger partial charge on any atom is -0.493 e. The molecule has 0 aliphatic carbocycles. The Morgan fingerprint density at radius 1 is 1.17 bits per heavy atom. The van der Waals surface area contributed by atoms with Gasteiger partial charge < -0.3 is 15.2 Å². The van der Waals surface area contributed by atoms with E-state index in [-0.39, 0.29) is 18.2 Å². The Hall–Kier alpha value is -2.04. The van der Waals surface area contributed by atoms with Crippen LogP contribution in [-0.4, -0.2) is 29.6 Å². The first-order valence-electron chi connectivity index (χ1n) is 8.07. The number of carbonyl (C=O) groups excluding carboxylic acids is 1. The van der Waals surface area contributed by atoms with Crippen molar-refractivity contribution in [2.24, 2.45) is 11.8 Å². The van der Waals surface area contributed by atoms with Gasteiger partial charge in [-0.2, -0.15) is 0 Å². The lowest BCUT2D eigenvalue weighted by molar-refractivity contribution is -0.143. The molecule has 0 radical (unpaired) electrons. The molecule has 5 heteroatoms. The van der Waals surface area contributed by atoms with Gasteiger partial charge in [0.1, 0.15) is 11.8 Å². The summed E-state index contributed by atoms with van der Waals surface area (Å²) in [6.07, 6.45) is 0.851. The molecule has 1 amide bonds. The van der Waals surface area contributed by atoms with Crippen LogP contribution < -0.4 is 10.1 Å². The molecule has 23 heavy (non-hydrogen) atoms. The number of amides is 1. The number of rotatable bonds is 9. The van der Waals surface area contributed by atoms with Crippen LogP contribution in [-0.2, 0) is 16.0 Å². The summed E-state index contributed by atoms with van der Waals surface area (Å²) in [5.74, 6) is -0.165. The van der Waals surface area contributed by atoms with Gasteiger partial charge >= 0.3 is 5.97 Å². The number of carboxylic acid groups (broad SMARTS) is 1. The standard InChI is InChI=1S/C18H27NO4/c1-5-13(4)17(18(21)22)19-16(20)10-14-6-8-15(9-7-14)23-11-12(2)3/h6-9,12-13,17H,5,10-11H2,1-4H3,(H,19,20)(H,21,22)/t13-,17-/m0/s1. The Kier molecular flexibility index (Phi) is 7.59. The van der Waals surface area contributed by atoms with Gasteiger partial charge in [0.25, 0.3) is 0 Å². The van der Waals surface area contributed by atoms with E-state index < -0.39 is 12.0 Å². The lowest BCUT2D eigenvalue weighted by Gasteiger charge is -2.20. The fourth-order valence-electron chi connectivity index (χ4n) is 2.06. The van der Waals surface area contributed by atoms with Crippen LogP contribution in [0.25, 0.3) is 0 Å². The molecule has 0 fully saturated rings. The molecule has 0 unspecified atom stereocenters. The monoisotopic (exact) mass is 321 g/mol. The second-order valence-corrected chi connectivity index (χ2v) is 6.29. The van der Waals surface area contributed by atoms with Gasteiger partial charge in [-0.05, 0) is 29.5 Å². The molecular weight excluding hydrogens is 294 g/mol. The van der Waals surface area contributed by atoms with Crippen LogP contribution >= 0.6 is 0 Å². The summed E-state index contributed by atoms with van der Waals surface area (Å²) in [5.41, 5.74) is 0.827. The highest BCUT2D eigenvalue weighted by atomic mass is 16.5. The topological polar surface area (TPSA) is 75.6 Å². The van der Waals surface area contributed by atoms with Gasteiger partial charge in [-0.1, -0.05) is 46.2 Å². The SMILES string of the molecule is CC[C@H](C)[C@H](NC(=O)Cc1ccc(OCC(C)C)cc1)C(=O)O. The minimum atomic E-state index is -0.995. The van der Waals surface area contributed by atoms with Gasteiger partial charge in [-0.25, -0.2) is 4.79 Å². The van der Waals surface area contributed by atoms with Gasteiger partial charge in [-0.3, -0.25) is 4.79 Å². The first-order valence-corrected chi connectivity index (χ1v) is 8.07. The van der Waals surface area contributed by atoms with Crippen LogP contribution in [0.15, 0.2) is 24.3 Å². The molecule has 0 aromatic heterocycles. The van der Waals surface area contributed by atoms with E-state index in [9.17, 15) is 14.7 Å². The predicted octanol–water partition coefficient (Wildman–Crippen LogP) is 2.88. The second kappa shape index (κ2) is 9.18. The molecule has 5 nitrogen and oxygen atoms in total. The van der Waals surface area contributed by atoms with Crippen molar-refractivity contribution in [1.29, 1.82) is 0 Å². The van der Waals surface area contributed by atoms with Crippen LogP contribution in [0.1, 0.15) is 39.7 Å². The summed E-state index contributed by atoms with van der Waals surface area (Å²) in [5, 5.41) is 11.8. The molecule has 0 heterocycles. The Balaban J connectivity index is 2.58. The highest BCUT2D eigenvalue weighted by Gasteiger charge is 2.25. The maximum Gasteiger partial charge on any atom is 0.326 e. The Bertz CT molecular complexity index is 510. The fraction of sp³-hybridized carbons (Fsp3) is 0.556. The number of aliphatic carboxylic acids is 1. The maximum atomic E-state index is 12.0. The quantitative estimate of drug-likeness (QED) is 0.733. The molecule has 0 saturated heterocycles. The van der Waals surface area contributed by atoms with E-state index in [1.165, 1.54) is 0 Å². The number of carboxylic acids is 1. The van der Waals surface area contributed by atoms with Crippen molar-refractivity contribution in [3.05, 3.63) is 29.8 Å². The molecule has 0 aliphatic rings. The van der Waals surface area contributed by atoms with Crippen LogP contribution in [0.4, 0.5) is 0 Å². The van der Waals surface area contributed by atoms with E-state index in [1.807, 2.05) is 38.1 Å². The largest absolute Gasteiger partial charge is 0.493 e. The summed E-state index contributed by atoms with van der Waals surface area (Å²) in [6.45, 7) is 8.53. The van der Waals surface area contributed by atoms with E-state index >= 15 is 0 Å². The lowest BCUT2D eigenvalue weighted by Crippen LogP contribution is -2.45. The van der Waals surface area contributed by atoms with Crippen molar-refractivity contribution in [3.63, 3.8) is 0 Å². The van der Waals surface area contributed by atoms with Crippen molar-refractivity contribution >= 4 is 11.9 Å². The molecule has 0 aliphatic heterocycles. The van der Waals surface area contributed by atoms with Gasteiger partial charge in [0.05, 0.1) is 13.0 Å². The third-order valence-corrected chi connectivity index (χ3v) is 3.67.